The molecule has 0 atom stereocenters. The lowest BCUT2D eigenvalue weighted by atomic mass is 10.2. The van der Waals surface area contributed by atoms with Crippen LogP contribution in [0.5, 0.6) is 0 Å². The molecule has 0 unspecified atom stereocenters. The molecule has 0 saturated carbocycles. The number of halogens is 1. The van der Waals surface area contributed by atoms with Crippen LogP contribution in [0, 0.1) is 11.8 Å². The zero-order valence-corrected chi connectivity index (χ0v) is 11.5. The summed E-state index contributed by atoms with van der Waals surface area (Å²) in [7, 11) is 0. The summed E-state index contributed by atoms with van der Waals surface area (Å²) in [5, 5.41) is 5.09. The van der Waals surface area contributed by atoms with Crippen molar-refractivity contribution in [1.82, 2.24) is 0 Å². The van der Waals surface area contributed by atoms with Gasteiger partial charge in [0.05, 0.1) is 22.1 Å². The molecule has 0 aliphatic carbocycles. The number of carbonyl (C=O) groups excluding carboxylic acids is 1. The van der Waals surface area contributed by atoms with E-state index in [0.29, 0.717) is 22.1 Å². The van der Waals surface area contributed by atoms with Gasteiger partial charge >= 0.3 is 0 Å². The number of amides is 1. The van der Waals surface area contributed by atoms with Crippen molar-refractivity contribution < 1.29 is 4.79 Å². The lowest BCUT2D eigenvalue weighted by Crippen LogP contribution is -2.10. The highest BCUT2D eigenvalue weighted by Gasteiger charge is 2.09. The van der Waals surface area contributed by atoms with Gasteiger partial charge in [-0.3, -0.25) is 4.79 Å². The highest BCUT2D eigenvalue weighted by molar-refractivity contribution is 7.12. The van der Waals surface area contributed by atoms with Crippen LogP contribution in [0.15, 0.2) is 35.7 Å². The van der Waals surface area contributed by atoms with Crippen LogP contribution < -0.4 is 11.1 Å². The second-order valence-corrected chi connectivity index (χ2v) is 4.99. The van der Waals surface area contributed by atoms with Crippen LogP contribution in [0.4, 0.5) is 5.69 Å². The fraction of sp³-hybridized carbons (Fsp3) is 0.0714. The maximum absolute atomic E-state index is 11.9. The minimum atomic E-state index is -0.180. The van der Waals surface area contributed by atoms with Crippen molar-refractivity contribution in [2.24, 2.45) is 5.73 Å². The summed E-state index contributed by atoms with van der Waals surface area (Å²) >= 11 is 7.43. The van der Waals surface area contributed by atoms with Crippen molar-refractivity contribution in [2.45, 2.75) is 0 Å². The Hall–Kier alpha value is -1.80. The van der Waals surface area contributed by atoms with Crippen LogP contribution in [0.25, 0.3) is 0 Å². The Balaban J connectivity index is 2.22. The maximum atomic E-state index is 11.9. The minimum absolute atomic E-state index is 0.180. The van der Waals surface area contributed by atoms with Crippen molar-refractivity contribution >= 4 is 34.5 Å². The van der Waals surface area contributed by atoms with Crippen LogP contribution in [-0.2, 0) is 0 Å². The molecule has 0 saturated heterocycles. The van der Waals surface area contributed by atoms with E-state index in [0.717, 1.165) is 5.56 Å². The topological polar surface area (TPSA) is 55.1 Å². The van der Waals surface area contributed by atoms with Gasteiger partial charge in [0, 0.05) is 5.56 Å². The number of nitrogens with one attached hydrogen (secondary N) is 1. The van der Waals surface area contributed by atoms with Gasteiger partial charge in [-0.25, -0.2) is 0 Å². The normalized spacial score (nSPS) is 9.58. The van der Waals surface area contributed by atoms with E-state index in [1.807, 2.05) is 11.4 Å². The molecule has 0 fully saturated rings. The monoisotopic (exact) mass is 290 g/mol. The van der Waals surface area contributed by atoms with Crippen molar-refractivity contribution in [3.63, 3.8) is 0 Å². The van der Waals surface area contributed by atoms with Crippen LogP contribution in [0.2, 0.25) is 5.02 Å². The standard InChI is InChI=1S/C14H11ClN2OS/c15-11-6-5-10(3-1-7-16)9-12(11)17-14(18)13-4-2-8-19-13/h2,4-6,8-9H,7,16H2,(H,17,18). The third-order valence-corrected chi connectivity index (χ3v) is 3.49. The lowest BCUT2D eigenvalue weighted by molar-refractivity contribution is 0.103. The molecule has 1 heterocycles. The van der Waals surface area contributed by atoms with Crippen molar-refractivity contribution in [2.75, 3.05) is 11.9 Å². The average Bonchev–Trinajstić information content (AvgIpc) is 2.93. The minimum Gasteiger partial charge on any atom is -0.320 e. The SMILES string of the molecule is NCC#Cc1ccc(Cl)c(NC(=O)c2cccs2)c1. The first kappa shape index (κ1) is 13.6. The Labute approximate surface area is 120 Å². The molecule has 0 radical (unpaired) electrons. The maximum Gasteiger partial charge on any atom is 0.265 e. The first-order chi connectivity index (χ1) is 9.20. The Morgan fingerprint density at radius 1 is 1.42 bits per heavy atom. The molecule has 1 aromatic carbocycles. The smallest absolute Gasteiger partial charge is 0.265 e. The first-order valence-corrected chi connectivity index (χ1v) is 6.80. The van der Waals surface area contributed by atoms with Gasteiger partial charge in [-0.1, -0.05) is 29.5 Å². The summed E-state index contributed by atoms with van der Waals surface area (Å²) in [6, 6.07) is 8.80. The third kappa shape index (κ3) is 3.58. The van der Waals surface area contributed by atoms with Crippen molar-refractivity contribution in [3.8, 4) is 11.8 Å². The van der Waals surface area contributed by atoms with E-state index in [1.165, 1.54) is 11.3 Å². The second-order valence-electron chi connectivity index (χ2n) is 3.63. The summed E-state index contributed by atoms with van der Waals surface area (Å²) in [6.07, 6.45) is 0. The number of hydrogen-bond acceptors (Lipinski definition) is 3. The largest absolute Gasteiger partial charge is 0.320 e. The number of hydrogen-bond donors (Lipinski definition) is 2. The van der Waals surface area contributed by atoms with E-state index in [2.05, 4.69) is 17.2 Å². The number of anilines is 1. The van der Waals surface area contributed by atoms with E-state index in [4.69, 9.17) is 17.3 Å². The van der Waals surface area contributed by atoms with Gasteiger partial charge in [0.25, 0.3) is 5.91 Å². The highest BCUT2D eigenvalue weighted by atomic mass is 35.5. The van der Waals surface area contributed by atoms with Crippen LogP contribution in [0.1, 0.15) is 15.2 Å². The molecular weight excluding hydrogens is 280 g/mol. The number of benzene rings is 1. The highest BCUT2D eigenvalue weighted by Crippen LogP contribution is 2.24. The Bertz CT molecular complexity index is 641. The molecule has 0 spiro atoms. The lowest BCUT2D eigenvalue weighted by Gasteiger charge is -2.06. The molecule has 2 rings (SSSR count). The fourth-order valence-electron chi connectivity index (χ4n) is 1.44. The Morgan fingerprint density at radius 3 is 2.95 bits per heavy atom. The van der Waals surface area contributed by atoms with Gasteiger partial charge in [0.2, 0.25) is 0 Å². The van der Waals surface area contributed by atoms with E-state index in [1.54, 1.807) is 24.3 Å². The quantitative estimate of drug-likeness (QED) is 0.836. The van der Waals surface area contributed by atoms with E-state index >= 15 is 0 Å². The van der Waals surface area contributed by atoms with E-state index in [-0.39, 0.29) is 5.91 Å². The second kappa shape index (κ2) is 6.39. The summed E-state index contributed by atoms with van der Waals surface area (Å²) in [4.78, 5) is 12.6. The first-order valence-electron chi connectivity index (χ1n) is 5.54. The predicted octanol–water partition coefficient (Wildman–Crippen LogP) is 2.96. The predicted molar refractivity (Wildman–Crippen MR) is 79.7 cm³/mol. The Kier molecular flexibility index (Phi) is 4.58. The van der Waals surface area contributed by atoms with Crippen LogP contribution in [-0.4, -0.2) is 12.5 Å². The number of rotatable bonds is 2. The molecule has 96 valence electrons. The number of thiophene rings is 1. The molecule has 19 heavy (non-hydrogen) atoms. The van der Waals surface area contributed by atoms with Gasteiger partial charge < -0.3 is 11.1 Å². The fourth-order valence-corrected chi connectivity index (χ4v) is 2.23. The van der Waals surface area contributed by atoms with Crippen molar-refractivity contribution in [3.05, 3.63) is 51.2 Å². The molecule has 5 heteroatoms. The van der Waals surface area contributed by atoms with Gasteiger partial charge in [0.1, 0.15) is 0 Å². The van der Waals surface area contributed by atoms with Gasteiger partial charge in [0.15, 0.2) is 0 Å². The number of carbonyl (C=O) groups is 1. The Morgan fingerprint density at radius 2 is 2.26 bits per heavy atom. The molecule has 1 aromatic heterocycles. The van der Waals surface area contributed by atoms with Crippen molar-refractivity contribution in [1.29, 1.82) is 0 Å². The van der Waals surface area contributed by atoms with Gasteiger partial charge in [-0.15, -0.1) is 11.3 Å². The molecule has 0 bridgehead atoms. The summed E-state index contributed by atoms with van der Waals surface area (Å²) in [5.41, 5.74) is 6.63. The summed E-state index contributed by atoms with van der Waals surface area (Å²) < 4.78 is 0. The third-order valence-electron chi connectivity index (χ3n) is 2.29. The molecule has 0 aliphatic heterocycles. The van der Waals surface area contributed by atoms with Crippen LogP contribution >= 0.6 is 22.9 Å². The van der Waals surface area contributed by atoms with Crippen LogP contribution in [0.3, 0.4) is 0 Å². The molecule has 2 aromatic rings. The zero-order chi connectivity index (χ0) is 13.7. The molecule has 3 nitrogen and oxygen atoms in total. The molecule has 0 aliphatic rings. The molecule has 1 amide bonds. The summed E-state index contributed by atoms with van der Waals surface area (Å²) in [6.45, 7) is 0.291. The van der Waals surface area contributed by atoms with Gasteiger partial charge in [-0.05, 0) is 29.6 Å². The van der Waals surface area contributed by atoms with E-state index < -0.39 is 0 Å². The average molecular weight is 291 g/mol. The van der Waals surface area contributed by atoms with E-state index in [9.17, 15) is 4.79 Å². The summed E-state index contributed by atoms with van der Waals surface area (Å²) in [5.74, 6) is 5.47. The number of nitrogens with two attached hydrogens (primary N) is 1. The molecule has 3 N–H and O–H groups in total. The van der Waals surface area contributed by atoms with Gasteiger partial charge in [-0.2, -0.15) is 0 Å². The zero-order valence-electron chi connectivity index (χ0n) is 9.94. The molecular formula is C14H11ClN2OS.